The van der Waals surface area contributed by atoms with E-state index in [4.69, 9.17) is 5.11 Å². The van der Waals surface area contributed by atoms with Gasteiger partial charge in [-0.25, -0.2) is 4.79 Å². The van der Waals surface area contributed by atoms with Gasteiger partial charge in [0.05, 0.1) is 0 Å². The second-order valence-electron chi connectivity index (χ2n) is 3.01. The lowest BCUT2D eigenvalue weighted by molar-refractivity contribution is -0.148. The van der Waals surface area contributed by atoms with Gasteiger partial charge in [-0.2, -0.15) is 11.8 Å². The molecule has 0 aliphatic carbocycles. The molecule has 0 bridgehead atoms. The normalized spacial score (nSPS) is 21.7. The van der Waals surface area contributed by atoms with E-state index in [1.54, 1.807) is 11.8 Å². The van der Waals surface area contributed by atoms with Crippen molar-refractivity contribution in [3.8, 4) is 0 Å². The van der Waals surface area contributed by atoms with E-state index in [0.29, 0.717) is 12.3 Å². The first-order valence-corrected chi connectivity index (χ1v) is 5.53. The van der Waals surface area contributed by atoms with Crippen LogP contribution in [0, 0.1) is 0 Å². The van der Waals surface area contributed by atoms with Crippen molar-refractivity contribution < 1.29 is 14.7 Å². The average molecular weight is 215 g/mol. The second-order valence-corrected chi connectivity index (χ2v) is 4.16. The summed E-state index contributed by atoms with van der Waals surface area (Å²) in [6, 6.07) is -0.666. The summed E-state index contributed by atoms with van der Waals surface area (Å²) >= 11 is 1.57. The van der Waals surface area contributed by atoms with Crippen molar-refractivity contribution in [1.82, 2.24) is 4.90 Å². The third-order valence-electron chi connectivity index (χ3n) is 2.05. The molecule has 0 saturated carbocycles. The van der Waals surface area contributed by atoms with E-state index >= 15 is 0 Å². The van der Waals surface area contributed by atoms with E-state index < -0.39 is 12.0 Å². The van der Waals surface area contributed by atoms with E-state index in [1.807, 2.05) is 0 Å². The zero-order valence-electron chi connectivity index (χ0n) is 7.81. The predicted octanol–water partition coefficient (Wildman–Crippen LogP) is 0.591. The van der Waals surface area contributed by atoms with Gasteiger partial charge in [0.15, 0.2) is 0 Å². The van der Waals surface area contributed by atoms with Crippen LogP contribution in [-0.4, -0.2) is 46.0 Å². The Morgan fingerprint density at radius 1 is 1.64 bits per heavy atom. The van der Waals surface area contributed by atoms with E-state index in [-0.39, 0.29) is 12.3 Å². The first-order chi connectivity index (χ1) is 6.66. The Bertz CT molecular complexity index is 254. The molecule has 1 aliphatic heterocycles. The van der Waals surface area contributed by atoms with Crippen LogP contribution in [0.4, 0.5) is 0 Å². The summed E-state index contributed by atoms with van der Waals surface area (Å²) in [5.41, 5.74) is 0. The highest BCUT2D eigenvalue weighted by atomic mass is 32.2. The number of carbonyl (C=O) groups is 2. The molecule has 0 radical (unpaired) electrons. The van der Waals surface area contributed by atoms with Gasteiger partial charge in [0.2, 0.25) is 5.91 Å². The topological polar surface area (TPSA) is 57.6 Å². The summed E-state index contributed by atoms with van der Waals surface area (Å²) < 4.78 is 0. The van der Waals surface area contributed by atoms with Gasteiger partial charge >= 0.3 is 5.97 Å². The number of thioether (sulfide) groups is 1. The fraction of sp³-hybridized carbons (Fsp3) is 0.556. The minimum Gasteiger partial charge on any atom is -0.480 e. The van der Waals surface area contributed by atoms with Crippen molar-refractivity contribution in [3.05, 3.63) is 12.7 Å². The molecule has 0 aromatic rings. The van der Waals surface area contributed by atoms with Crippen LogP contribution in [0.3, 0.4) is 0 Å². The molecule has 1 fully saturated rings. The van der Waals surface area contributed by atoms with Gasteiger partial charge in [-0.15, -0.1) is 6.58 Å². The Labute approximate surface area is 87.0 Å². The summed E-state index contributed by atoms with van der Waals surface area (Å²) in [6.45, 7) is 3.99. The summed E-state index contributed by atoms with van der Waals surface area (Å²) in [5, 5.41) is 8.89. The molecule has 5 heteroatoms. The molecule has 0 aromatic carbocycles. The lowest BCUT2D eigenvalue weighted by Gasteiger charge is -2.32. The maximum atomic E-state index is 11.5. The van der Waals surface area contributed by atoms with Crippen molar-refractivity contribution in [2.24, 2.45) is 0 Å². The van der Waals surface area contributed by atoms with Crippen LogP contribution in [0.1, 0.15) is 6.42 Å². The van der Waals surface area contributed by atoms with Crippen molar-refractivity contribution in [1.29, 1.82) is 0 Å². The number of carbonyl (C=O) groups excluding carboxylic acids is 1. The molecular weight excluding hydrogens is 202 g/mol. The maximum Gasteiger partial charge on any atom is 0.327 e. The van der Waals surface area contributed by atoms with Crippen molar-refractivity contribution in [2.75, 3.05) is 18.1 Å². The Kier molecular flexibility index (Phi) is 4.00. The van der Waals surface area contributed by atoms with Crippen LogP contribution in [0.15, 0.2) is 12.7 Å². The minimum atomic E-state index is -0.922. The van der Waals surface area contributed by atoms with Crippen molar-refractivity contribution >= 4 is 23.6 Å². The molecule has 1 heterocycles. The standard InChI is InChI=1S/C9H13NO3S/c1-2-3-8(11)10-4-5-14-6-7(10)9(12)13/h2,7H,1,3-6H2,(H,12,13). The minimum absolute atomic E-state index is 0.146. The zero-order valence-corrected chi connectivity index (χ0v) is 8.63. The van der Waals surface area contributed by atoms with Gasteiger partial charge in [0, 0.05) is 24.5 Å². The second kappa shape index (κ2) is 5.05. The molecule has 1 rings (SSSR count). The van der Waals surface area contributed by atoms with E-state index in [1.165, 1.54) is 11.0 Å². The van der Waals surface area contributed by atoms with Gasteiger partial charge in [0.1, 0.15) is 6.04 Å². The summed E-state index contributed by atoms with van der Waals surface area (Å²) in [5.74, 6) is 0.229. The molecule has 0 spiro atoms. The Hall–Kier alpha value is -0.970. The molecule has 78 valence electrons. The summed E-state index contributed by atoms with van der Waals surface area (Å²) in [4.78, 5) is 23.8. The molecule has 1 N–H and O–H groups in total. The van der Waals surface area contributed by atoms with Crippen LogP contribution < -0.4 is 0 Å². The lowest BCUT2D eigenvalue weighted by Crippen LogP contribution is -2.50. The molecule has 1 atom stereocenters. The highest BCUT2D eigenvalue weighted by molar-refractivity contribution is 7.99. The Balaban J connectivity index is 2.66. The molecule has 14 heavy (non-hydrogen) atoms. The highest BCUT2D eigenvalue weighted by Crippen LogP contribution is 2.17. The van der Waals surface area contributed by atoms with Gasteiger partial charge in [-0.1, -0.05) is 6.08 Å². The van der Waals surface area contributed by atoms with Crippen LogP contribution in [0.25, 0.3) is 0 Å². The summed E-state index contributed by atoms with van der Waals surface area (Å²) in [6.07, 6.45) is 1.72. The molecule has 0 aromatic heterocycles. The number of amides is 1. The van der Waals surface area contributed by atoms with Gasteiger partial charge in [-0.05, 0) is 0 Å². The molecule has 1 amide bonds. The van der Waals surface area contributed by atoms with Crippen LogP contribution in [0.2, 0.25) is 0 Å². The largest absolute Gasteiger partial charge is 0.480 e. The predicted molar refractivity (Wildman–Crippen MR) is 55.3 cm³/mol. The fourth-order valence-corrected chi connectivity index (χ4v) is 2.39. The van der Waals surface area contributed by atoms with Gasteiger partial charge in [-0.3, -0.25) is 4.79 Å². The SMILES string of the molecule is C=CCC(=O)N1CCSCC1C(=O)O. The van der Waals surface area contributed by atoms with Gasteiger partial charge < -0.3 is 10.0 Å². The van der Waals surface area contributed by atoms with E-state index in [9.17, 15) is 9.59 Å². The fourth-order valence-electron chi connectivity index (χ4n) is 1.35. The number of carboxylic acid groups (broad SMARTS) is 1. The van der Waals surface area contributed by atoms with Crippen LogP contribution in [0.5, 0.6) is 0 Å². The lowest BCUT2D eigenvalue weighted by atomic mass is 10.2. The molecule has 1 saturated heterocycles. The number of nitrogens with zero attached hydrogens (tertiary/aromatic N) is 1. The maximum absolute atomic E-state index is 11.5. The first kappa shape index (κ1) is 11.1. The highest BCUT2D eigenvalue weighted by Gasteiger charge is 2.31. The molecule has 1 unspecified atom stereocenters. The third-order valence-corrected chi connectivity index (χ3v) is 3.08. The zero-order chi connectivity index (χ0) is 10.6. The average Bonchev–Trinajstić information content (AvgIpc) is 2.18. The monoisotopic (exact) mass is 215 g/mol. The van der Waals surface area contributed by atoms with Crippen LogP contribution in [-0.2, 0) is 9.59 Å². The Morgan fingerprint density at radius 2 is 2.36 bits per heavy atom. The van der Waals surface area contributed by atoms with Crippen molar-refractivity contribution in [2.45, 2.75) is 12.5 Å². The molecular formula is C9H13NO3S. The Morgan fingerprint density at radius 3 is 2.93 bits per heavy atom. The summed E-state index contributed by atoms with van der Waals surface area (Å²) in [7, 11) is 0. The smallest absolute Gasteiger partial charge is 0.327 e. The third kappa shape index (κ3) is 2.51. The van der Waals surface area contributed by atoms with Gasteiger partial charge in [0.25, 0.3) is 0 Å². The van der Waals surface area contributed by atoms with Crippen molar-refractivity contribution in [3.63, 3.8) is 0 Å². The van der Waals surface area contributed by atoms with E-state index in [2.05, 4.69) is 6.58 Å². The number of hydrogen-bond donors (Lipinski definition) is 1. The number of aliphatic carboxylic acids is 1. The van der Waals surface area contributed by atoms with Crippen LogP contribution >= 0.6 is 11.8 Å². The van der Waals surface area contributed by atoms with E-state index in [0.717, 1.165) is 5.75 Å². The number of carboxylic acids is 1. The first-order valence-electron chi connectivity index (χ1n) is 4.37. The molecule has 4 nitrogen and oxygen atoms in total. The quantitative estimate of drug-likeness (QED) is 0.700. The molecule has 1 aliphatic rings. The number of hydrogen-bond acceptors (Lipinski definition) is 3. The number of rotatable bonds is 3.